The van der Waals surface area contributed by atoms with Crippen LogP contribution in [0.5, 0.6) is 5.75 Å². The number of amides is 1. The largest absolute Gasteiger partial charge is 0.497 e. The number of rotatable bonds is 6. The van der Waals surface area contributed by atoms with Crippen LogP contribution in [0.15, 0.2) is 42.5 Å². The zero-order valence-electron chi connectivity index (χ0n) is 16.1. The fraction of sp³-hybridized carbons (Fsp3) is 0.333. The summed E-state index contributed by atoms with van der Waals surface area (Å²) in [6.45, 7) is 3.56. The molecule has 0 bridgehead atoms. The quantitative estimate of drug-likeness (QED) is 0.797. The number of carbonyl (C=O) groups is 2. The molecule has 7 nitrogen and oxygen atoms in total. The van der Waals surface area contributed by atoms with Crippen LogP contribution in [-0.2, 0) is 11.2 Å². The summed E-state index contributed by atoms with van der Waals surface area (Å²) in [5.74, 6) is -0.604. The predicted molar refractivity (Wildman–Crippen MR) is 108 cm³/mol. The van der Waals surface area contributed by atoms with E-state index in [1.807, 2.05) is 18.2 Å². The van der Waals surface area contributed by atoms with Crippen molar-refractivity contribution < 1.29 is 19.4 Å². The molecule has 1 saturated heterocycles. The van der Waals surface area contributed by atoms with Crippen molar-refractivity contribution in [3.05, 3.63) is 53.6 Å². The number of likely N-dealkylation sites (N-methyl/N-ethyl adjacent to an activating group) is 1. The van der Waals surface area contributed by atoms with E-state index >= 15 is 0 Å². The van der Waals surface area contributed by atoms with Gasteiger partial charge in [-0.15, -0.1) is 0 Å². The van der Waals surface area contributed by atoms with Crippen LogP contribution < -0.4 is 15.0 Å². The molecular weight excluding hydrogens is 358 g/mol. The van der Waals surface area contributed by atoms with Gasteiger partial charge in [-0.05, 0) is 42.9 Å². The monoisotopic (exact) mass is 383 g/mol. The summed E-state index contributed by atoms with van der Waals surface area (Å²) in [4.78, 5) is 28.5. The van der Waals surface area contributed by atoms with Crippen molar-refractivity contribution in [1.82, 2.24) is 4.90 Å². The Bertz CT molecular complexity index is 843. The van der Waals surface area contributed by atoms with Gasteiger partial charge in [0.25, 0.3) is 0 Å². The van der Waals surface area contributed by atoms with Gasteiger partial charge in [-0.3, -0.25) is 4.79 Å². The Balaban J connectivity index is 1.71. The number of aromatic carboxylic acids is 1. The van der Waals surface area contributed by atoms with E-state index in [0.29, 0.717) is 5.69 Å². The second-order valence-corrected chi connectivity index (χ2v) is 6.90. The van der Waals surface area contributed by atoms with Gasteiger partial charge < -0.3 is 25.0 Å². The Labute approximate surface area is 164 Å². The van der Waals surface area contributed by atoms with Crippen molar-refractivity contribution >= 4 is 23.3 Å². The number of hydrogen-bond acceptors (Lipinski definition) is 5. The second-order valence-electron chi connectivity index (χ2n) is 6.90. The number of methoxy groups -OCH3 is 1. The summed E-state index contributed by atoms with van der Waals surface area (Å²) in [6, 6.07) is 12.4. The number of benzene rings is 2. The van der Waals surface area contributed by atoms with E-state index in [0.717, 1.165) is 43.2 Å². The number of hydrogen-bond donors (Lipinski definition) is 2. The van der Waals surface area contributed by atoms with Gasteiger partial charge in [0.2, 0.25) is 5.91 Å². The molecule has 1 aliphatic rings. The van der Waals surface area contributed by atoms with E-state index in [9.17, 15) is 14.7 Å². The molecule has 0 saturated carbocycles. The normalized spacial score (nSPS) is 14.6. The fourth-order valence-corrected chi connectivity index (χ4v) is 3.20. The average molecular weight is 383 g/mol. The maximum atomic E-state index is 12.4. The predicted octanol–water partition coefficient (Wildman–Crippen LogP) is 2.33. The molecule has 0 spiro atoms. The van der Waals surface area contributed by atoms with Crippen LogP contribution in [0.3, 0.4) is 0 Å². The van der Waals surface area contributed by atoms with Gasteiger partial charge in [-0.1, -0.05) is 12.1 Å². The van der Waals surface area contributed by atoms with E-state index in [4.69, 9.17) is 4.74 Å². The lowest BCUT2D eigenvalue weighted by atomic mass is 10.1. The Hall–Kier alpha value is -3.06. The molecule has 1 heterocycles. The maximum Gasteiger partial charge on any atom is 0.337 e. The minimum Gasteiger partial charge on any atom is -0.497 e. The van der Waals surface area contributed by atoms with Gasteiger partial charge in [0.15, 0.2) is 0 Å². The van der Waals surface area contributed by atoms with Gasteiger partial charge in [0.1, 0.15) is 5.75 Å². The average Bonchev–Trinajstić information content (AvgIpc) is 2.69. The molecule has 1 aliphatic heterocycles. The van der Waals surface area contributed by atoms with E-state index in [2.05, 4.69) is 22.2 Å². The number of piperazine rings is 1. The highest BCUT2D eigenvalue weighted by Gasteiger charge is 2.18. The first kappa shape index (κ1) is 19.7. The molecule has 0 radical (unpaired) electrons. The molecule has 0 atom stereocenters. The van der Waals surface area contributed by atoms with Crippen molar-refractivity contribution in [2.75, 3.05) is 50.6 Å². The van der Waals surface area contributed by atoms with Crippen LogP contribution in [-0.4, -0.2) is 62.2 Å². The highest BCUT2D eigenvalue weighted by atomic mass is 16.5. The van der Waals surface area contributed by atoms with Crippen molar-refractivity contribution in [3.63, 3.8) is 0 Å². The SMILES string of the molecule is COc1ccc(CC(=O)Nc2ccc(N3CCN(C)CC3)cc2C(=O)O)cc1. The third kappa shape index (κ3) is 4.80. The maximum absolute atomic E-state index is 12.4. The van der Waals surface area contributed by atoms with Crippen molar-refractivity contribution in [3.8, 4) is 5.75 Å². The lowest BCUT2D eigenvalue weighted by Gasteiger charge is -2.34. The molecule has 1 fully saturated rings. The summed E-state index contributed by atoms with van der Waals surface area (Å²) in [5, 5.41) is 12.3. The number of nitrogens with one attached hydrogen (secondary N) is 1. The number of carboxylic acids is 1. The van der Waals surface area contributed by atoms with Crippen molar-refractivity contribution in [2.24, 2.45) is 0 Å². The van der Waals surface area contributed by atoms with Gasteiger partial charge in [0, 0.05) is 31.9 Å². The van der Waals surface area contributed by atoms with Crippen LogP contribution in [0.25, 0.3) is 0 Å². The summed E-state index contributed by atoms with van der Waals surface area (Å²) < 4.78 is 5.11. The Morgan fingerprint density at radius 1 is 1.07 bits per heavy atom. The minimum atomic E-state index is -1.06. The molecule has 7 heteroatoms. The summed E-state index contributed by atoms with van der Waals surface area (Å²) >= 11 is 0. The second kappa shape index (κ2) is 8.75. The summed E-state index contributed by atoms with van der Waals surface area (Å²) in [6.07, 6.45) is 0.156. The van der Waals surface area contributed by atoms with E-state index in [1.54, 1.807) is 31.4 Å². The third-order valence-electron chi connectivity index (χ3n) is 4.90. The molecule has 2 aromatic rings. The summed E-state index contributed by atoms with van der Waals surface area (Å²) in [7, 11) is 3.66. The lowest BCUT2D eigenvalue weighted by Crippen LogP contribution is -2.44. The number of carboxylic acid groups (broad SMARTS) is 1. The van der Waals surface area contributed by atoms with Crippen LogP contribution in [0.2, 0.25) is 0 Å². The topological polar surface area (TPSA) is 82.1 Å². The third-order valence-corrected chi connectivity index (χ3v) is 4.90. The first-order valence-corrected chi connectivity index (χ1v) is 9.20. The lowest BCUT2D eigenvalue weighted by molar-refractivity contribution is -0.115. The van der Waals surface area contributed by atoms with Crippen LogP contribution in [0.1, 0.15) is 15.9 Å². The number of ether oxygens (including phenoxy) is 1. The molecule has 1 amide bonds. The van der Waals surface area contributed by atoms with Gasteiger partial charge in [-0.2, -0.15) is 0 Å². The highest BCUT2D eigenvalue weighted by Crippen LogP contribution is 2.25. The number of anilines is 2. The smallest absolute Gasteiger partial charge is 0.337 e. The van der Waals surface area contributed by atoms with Gasteiger partial charge in [0.05, 0.1) is 24.8 Å². The first-order valence-electron chi connectivity index (χ1n) is 9.20. The Morgan fingerprint density at radius 3 is 2.36 bits per heavy atom. The first-order chi connectivity index (χ1) is 13.5. The molecule has 0 aromatic heterocycles. The molecular formula is C21H25N3O4. The minimum absolute atomic E-state index is 0.0968. The number of nitrogens with zero attached hydrogens (tertiary/aromatic N) is 2. The molecule has 0 unspecified atom stereocenters. The summed E-state index contributed by atoms with van der Waals surface area (Å²) in [5.41, 5.74) is 2.09. The molecule has 3 rings (SSSR count). The van der Waals surface area contributed by atoms with Crippen molar-refractivity contribution in [2.45, 2.75) is 6.42 Å². The van der Waals surface area contributed by atoms with E-state index < -0.39 is 5.97 Å². The standard InChI is InChI=1S/C21H25N3O4/c1-23-9-11-24(12-10-23)16-5-8-19(18(14-16)21(26)27)22-20(25)13-15-3-6-17(28-2)7-4-15/h3-8,14H,9-13H2,1-2H3,(H,22,25)(H,26,27). The van der Waals surface area contributed by atoms with E-state index in [1.165, 1.54) is 0 Å². The van der Waals surface area contributed by atoms with Crippen molar-refractivity contribution in [1.29, 1.82) is 0 Å². The molecule has 0 aliphatic carbocycles. The molecule has 28 heavy (non-hydrogen) atoms. The van der Waals surface area contributed by atoms with Crippen LogP contribution >= 0.6 is 0 Å². The van der Waals surface area contributed by atoms with E-state index in [-0.39, 0.29) is 17.9 Å². The van der Waals surface area contributed by atoms with Crippen LogP contribution in [0, 0.1) is 0 Å². The zero-order valence-corrected chi connectivity index (χ0v) is 16.1. The molecule has 2 aromatic carbocycles. The molecule has 148 valence electrons. The zero-order chi connectivity index (χ0) is 20.1. The number of carbonyl (C=O) groups excluding carboxylic acids is 1. The molecule has 2 N–H and O–H groups in total. The Kier molecular flexibility index (Phi) is 6.16. The van der Waals surface area contributed by atoms with Crippen LogP contribution in [0.4, 0.5) is 11.4 Å². The fourth-order valence-electron chi connectivity index (χ4n) is 3.20. The van der Waals surface area contributed by atoms with Gasteiger partial charge >= 0.3 is 5.97 Å². The van der Waals surface area contributed by atoms with Gasteiger partial charge in [-0.25, -0.2) is 4.79 Å². The highest BCUT2D eigenvalue weighted by molar-refractivity contribution is 6.01. The Morgan fingerprint density at radius 2 is 1.75 bits per heavy atom.